The summed E-state index contributed by atoms with van der Waals surface area (Å²) >= 11 is 0. The van der Waals surface area contributed by atoms with Crippen LogP contribution in [-0.4, -0.2) is 83.2 Å². The zero-order valence-corrected chi connectivity index (χ0v) is 20.4. The van der Waals surface area contributed by atoms with E-state index in [9.17, 15) is 22.8 Å². The standard InChI is InChI=1S/C23H21F3N10O3/c1-13-15(12-30-36(13)22-31-19(37)17-3-2-6-35(17)32-22)20(38)33-7-9-34(10-8-33)21(28)39-18(27)16-5-4-14(11-29-16)23(24,25)26/h2-6,11-12,27-28H,7-10H2,1H3,(H,31,32,37). The summed E-state index contributed by atoms with van der Waals surface area (Å²) in [6.07, 6.45) is -0.935. The molecule has 0 spiro atoms. The van der Waals surface area contributed by atoms with Crippen molar-refractivity contribution >= 4 is 23.3 Å². The lowest BCUT2D eigenvalue weighted by atomic mass is 10.2. The molecule has 202 valence electrons. The smallest absolute Gasteiger partial charge is 0.405 e. The van der Waals surface area contributed by atoms with Crippen molar-refractivity contribution in [2.45, 2.75) is 13.1 Å². The predicted molar refractivity (Wildman–Crippen MR) is 130 cm³/mol. The molecule has 1 aliphatic rings. The lowest BCUT2D eigenvalue weighted by Gasteiger charge is -2.35. The van der Waals surface area contributed by atoms with Crippen molar-refractivity contribution < 1.29 is 22.7 Å². The topological polar surface area (TPSA) is 161 Å². The van der Waals surface area contributed by atoms with Gasteiger partial charge in [0.15, 0.2) is 0 Å². The summed E-state index contributed by atoms with van der Waals surface area (Å²) in [6.45, 7) is 2.62. The number of rotatable bonds is 3. The molecule has 0 saturated carbocycles. The van der Waals surface area contributed by atoms with Crippen LogP contribution in [0.4, 0.5) is 13.2 Å². The normalized spacial score (nSPS) is 14.1. The van der Waals surface area contributed by atoms with Crippen LogP contribution in [0.5, 0.6) is 0 Å². The van der Waals surface area contributed by atoms with Crippen LogP contribution in [0.3, 0.4) is 0 Å². The van der Waals surface area contributed by atoms with Crippen LogP contribution in [0.15, 0.2) is 47.7 Å². The molecule has 0 atom stereocenters. The van der Waals surface area contributed by atoms with Crippen LogP contribution in [0.25, 0.3) is 11.5 Å². The number of hydrogen-bond donors (Lipinski definition) is 3. The van der Waals surface area contributed by atoms with Gasteiger partial charge in [-0.2, -0.15) is 18.3 Å². The van der Waals surface area contributed by atoms with E-state index in [0.29, 0.717) is 23.0 Å². The third-order valence-electron chi connectivity index (χ3n) is 6.21. The fourth-order valence-electron chi connectivity index (χ4n) is 4.05. The van der Waals surface area contributed by atoms with Crippen molar-refractivity contribution in [3.05, 3.63) is 75.7 Å². The Morgan fingerprint density at radius 2 is 1.79 bits per heavy atom. The molecule has 13 nitrogen and oxygen atoms in total. The number of nitrogens with zero attached hydrogens (tertiary/aromatic N) is 7. The highest BCUT2D eigenvalue weighted by Crippen LogP contribution is 2.28. The number of fused-ring (bicyclic) bond motifs is 1. The second-order valence-corrected chi connectivity index (χ2v) is 8.62. The lowest BCUT2D eigenvalue weighted by molar-refractivity contribution is -0.137. The molecule has 5 rings (SSSR count). The maximum atomic E-state index is 13.2. The number of amidine groups is 1. The second-order valence-electron chi connectivity index (χ2n) is 8.62. The molecule has 1 amide bonds. The second kappa shape index (κ2) is 9.70. The average Bonchev–Trinajstić information content (AvgIpc) is 3.54. The first-order valence-corrected chi connectivity index (χ1v) is 11.6. The van der Waals surface area contributed by atoms with E-state index in [2.05, 4.69) is 20.2 Å². The quantitative estimate of drug-likeness (QED) is 0.262. The van der Waals surface area contributed by atoms with Crippen molar-refractivity contribution in [1.29, 1.82) is 10.8 Å². The van der Waals surface area contributed by atoms with Gasteiger partial charge in [0, 0.05) is 38.6 Å². The summed E-state index contributed by atoms with van der Waals surface area (Å²) in [4.78, 5) is 34.8. The number of H-pyrrole nitrogens is 1. The summed E-state index contributed by atoms with van der Waals surface area (Å²) in [5.74, 6) is -0.711. The van der Waals surface area contributed by atoms with E-state index < -0.39 is 17.6 Å². The van der Waals surface area contributed by atoms with Gasteiger partial charge in [-0.05, 0) is 31.2 Å². The Bertz CT molecular complexity index is 1630. The van der Waals surface area contributed by atoms with Crippen LogP contribution < -0.4 is 5.56 Å². The molecular formula is C23H21F3N10O3. The van der Waals surface area contributed by atoms with Gasteiger partial charge in [-0.3, -0.25) is 30.4 Å². The maximum Gasteiger partial charge on any atom is 0.417 e. The molecule has 16 heteroatoms. The van der Waals surface area contributed by atoms with Crippen LogP contribution in [0.2, 0.25) is 0 Å². The van der Waals surface area contributed by atoms with E-state index in [1.54, 1.807) is 30.2 Å². The highest BCUT2D eigenvalue weighted by atomic mass is 19.4. The van der Waals surface area contributed by atoms with Gasteiger partial charge >= 0.3 is 6.18 Å². The highest BCUT2D eigenvalue weighted by Gasteiger charge is 2.31. The van der Waals surface area contributed by atoms with Crippen molar-refractivity contribution in [1.82, 2.24) is 39.2 Å². The van der Waals surface area contributed by atoms with E-state index in [0.717, 1.165) is 12.1 Å². The first-order chi connectivity index (χ1) is 18.5. The van der Waals surface area contributed by atoms with E-state index in [4.69, 9.17) is 15.6 Å². The minimum absolute atomic E-state index is 0.152. The number of hydrogen-bond acceptors (Lipinski definition) is 8. The first kappa shape index (κ1) is 25.6. The molecule has 39 heavy (non-hydrogen) atoms. The molecule has 1 saturated heterocycles. The Labute approximate surface area is 217 Å². The Hall–Kier alpha value is -5.02. The molecule has 0 radical (unpaired) electrons. The highest BCUT2D eigenvalue weighted by molar-refractivity contribution is 5.97. The van der Waals surface area contributed by atoms with Gasteiger partial charge in [-0.15, -0.1) is 5.10 Å². The Balaban J connectivity index is 1.20. The van der Waals surface area contributed by atoms with Crippen molar-refractivity contribution in [3.63, 3.8) is 0 Å². The number of alkyl halides is 3. The number of aromatic nitrogens is 6. The van der Waals surface area contributed by atoms with Crippen molar-refractivity contribution in [2.75, 3.05) is 26.2 Å². The van der Waals surface area contributed by atoms with Gasteiger partial charge in [0.1, 0.15) is 11.2 Å². The van der Waals surface area contributed by atoms with Crippen LogP contribution in [0.1, 0.15) is 27.3 Å². The number of carbonyl (C=O) groups is 1. The van der Waals surface area contributed by atoms with Crippen LogP contribution >= 0.6 is 0 Å². The van der Waals surface area contributed by atoms with Crippen molar-refractivity contribution in [3.8, 4) is 5.95 Å². The van der Waals surface area contributed by atoms with E-state index >= 15 is 0 Å². The minimum Gasteiger partial charge on any atom is -0.405 e. The number of amides is 1. The third kappa shape index (κ3) is 4.95. The van der Waals surface area contributed by atoms with Crippen LogP contribution in [0, 0.1) is 17.7 Å². The van der Waals surface area contributed by atoms with E-state index in [1.807, 2.05) is 0 Å². The van der Waals surface area contributed by atoms with Gasteiger partial charge in [-0.25, -0.2) is 9.20 Å². The molecule has 4 aromatic rings. The molecule has 0 unspecified atom stereocenters. The number of aromatic amines is 1. The van der Waals surface area contributed by atoms with E-state index in [-0.39, 0.29) is 55.3 Å². The molecule has 4 aromatic heterocycles. The molecule has 1 aliphatic heterocycles. The summed E-state index contributed by atoms with van der Waals surface area (Å²) in [6, 6.07) is 4.71. The monoisotopic (exact) mass is 542 g/mol. The molecule has 0 aliphatic carbocycles. The van der Waals surface area contributed by atoms with Gasteiger partial charge in [-0.1, -0.05) is 0 Å². The van der Waals surface area contributed by atoms with E-state index in [1.165, 1.54) is 20.3 Å². The molecule has 5 heterocycles. The number of nitrogens with one attached hydrogen (secondary N) is 3. The SMILES string of the molecule is Cc1c(C(=O)N2CCN(C(=N)OC(=N)c3ccc(C(F)(F)F)cn3)CC2)cnn1-c1nn2cccc2c(=O)[nH]1. The number of ether oxygens (including phenoxy) is 1. The van der Waals surface area contributed by atoms with Gasteiger partial charge in [0.2, 0.25) is 11.8 Å². The number of piperazine rings is 1. The lowest BCUT2D eigenvalue weighted by Crippen LogP contribution is -2.51. The minimum atomic E-state index is -4.55. The fourth-order valence-corrected chi connectivity index (χ4v) is 4.05. The fraction of sp³-hybridized carbons (Fsp3) is 0.261. The first-order valence-electron chi connectivity index (χ1n) is 11.6. The molecule has 0 bridgehead atoms. The number of pyridine rings is 1. The zero-order valence-electron chi connectivity index (χ0n) is 20.4. The Kier molecular flexibility index (Phi) is 6.37. The van der Waals surface area contributed by atoms with Crippen molar-refractivity contribution in [2.24, 2.45) is 0 Å². The summed E-state index contributed by atoms with van der Waals surface area (Å²) in [7, 11) is 0. The molecule has 3 N–H and O–H groups in total. The van der Waals surface area contributed by atoms with Gasteiger partial charge < -0.3 is 14.5 Å². The molecule has 1 fully saturated rings. The molecule has 0 aromatic carbocycles. The Morgan fingerprint density at radius 3 is 2.46 bits per heavy atom. The van der Waals surface area contributed by atoms with Gasteiger partial charge in [0.05, 0.1) is 23.0 Å². The summed E-state index contributed by atoms with van der Waals surface area (Å²) < 4.78 is 46.1. The zero-order chi connectivity index (χ0) is 27.9. The summed E-state index contributed by atoms with van der Waals surface area (Å²) in [5.41, 5.74) is -0.289. The maximum absolute atomic E-state index is 13.2. The number of carbonyl (C=O) groups excluding carboxylic acids is 1. The Morgan fingerprint density at radius 1 is 1.08 bits per heavy atom. The molecular weight excluding hydrogens is 521 g/mol. The van der Waals surface area contributed by atoms with Crippen LogP contribution in [-0.2, 0) is 10.9 Å². The summed E-state index contributed by atoms with van der Waals surface area (Å²) in [5, 5.41) is 24.6. The third-order valence-corrected chi connectivity index (χ3v) is 6.21. The number of halogens is 3. The largest absolute Gasteiger partial charge is 0.417 e. The predicted octanol–water partition coefficient (Wildman–Crippen LogP) is 1.67. The van der Waals surface area contributed by atoms with Gasteiger partial charge in [0.25, 0.3) is 17.5 Å². The average molecular weight is 542 g/mol.